The minimum Gasteiger partial charge on any atom is -0.384 e. The van der Waals surface area contributed by atoms with Crippen molar-refractivity contribution < 1.29 is 18.3 Å². The number of hydrogen-bond acceptors (Lipinski definition) is 1. The Bertz CT molecular complexity index is 566. The Kier molecular flexibility index (Phi) is 3.59. The first-order valence-electron chi connectivity index (χ1n) is 5.06. The van der Waals surface area contributed by atoms with Crippen molar-refractivity contribution in [3.63, 3.8) is 0 Å². The highest BCUT2D eigenvalue weighted by molar-refractivity contribution is 6.30. The highest BCUT2D eigenvalue weighted by Gasteiger charge is 2.17. The molecule has 0 fully saturated rings. The molecule has 0 aliphatic carbocycles. The van der Waals surface area contributed by atoms with Crippen molar-refractivity contribution in [1.82, 2.24) is 0 Å². The van der Waals surface area contributed by atoms with Gasteiger partial charge in [0.2, 0.25) is 0 Å². The molecule has 5 heteroatoms. The van der Waals surface area contributed by atoms with E-state index in [0.717, 1.165) is 18.2 Å². The molecule has 1 atom stereocenters. The fraction of sp³-hybridized carbons (Fsp3) is 0.0769. The van der Waals surface area contributed by atoms with Gasteiger partial charge in [-0.1, -0.05) is 11.6 Å². The minimum atomic E-state index is -1.48. The maximum absolute atomic E-state index is 13.5. The predicted molar refractivity (Wildman–Crippen MR) is 61.8 cm³/mol. The summed E-state index contributed by atoms with van der Waals surface area (Å²) < 4.78 is 39.5. The monoisotopic (exact) mass is 272 g/mol. The summed E-state index contributed by atoms with van der Waals surface area (Å²) in [6.07, 6.45) is -1.48. The summed E-state index contributed by atoms with van der Waals surface area (Å²) in [6, 6.07) is 6.16. The molecule has 1 unspecified atom stereocenters. The molecule has 2 rings (SSSR count). The zero-order valence-electron chi connectivity index (χ0n) is 9.00. The van der Waals surface area contributed by atoms with E-state index >= 15 is 0 Å². The van der Waals surface area contributed by atoms with Gasteiger partial charge < -0.3 is 5.11 Å². The first kappa shape index (κ1) is 12.9. The number of rotatable bonds is 2. The fourth-order valence-electron chi connectivity index (χ4n) is 1.64. The number of halogens is 4. The van der Waals surface area contributed by atoms with E-state index in [1.54, 1.807) is 0 Å². The molecule has 1 N–H and O–H groups in total. The highest BCUT2D eigenvalue weighted by atomic mass is 35.5. The van der Waals surface area contributed by atoms with Crippen molar-refractivity contribution in [2.75, 3.05) is 0 Å². The van der Waals surface area contributed by atoms with E-state index in [-0.39, 0.29) is 16.1 Å². The molecule has 0 aromatic heterocycles. The maximum Gasteiger partial charge on any atom is 0.129 e. The average Bonchev–Trinajstić information content (AvgIpc) is 2.30. The Morgan fingerprint density at radius 1 is 0.944 bits per heavy atom. The van der Waals surface area contributed by atoms with Crippen LogP contribution in [-0.2, 0) is 0 Å². The van der Waals surface area contributed by atoms with Gasteiger partial charge in [-0.15, -0.1) is 0 Å². The second-order valence-corrected chi connectivity index (χ2v) is 4.21. The molecule has 0 spiro atoms. The van der Waals surface area contributed by atoms with E-state index in [4.69, 9.17) is 11.6 Å². The molecule has 0 aliphatic heterocycles. The quantitative estimate of drug-likeness (QED) is 0.881. The van der Waals surface area contributed by atoms with Gasteiger partial charge in [0, 0.05) is 16.7 Å². The normalized spacial score (nSPS) is 12.5. The first-order valence-corrected chi connectivity index (χ1v) is 5.44. The molecule has 18 heavy (non-hydrogen) atoms. The second kappa shape index (κ2) is 5.00. The molecular weight excluding hydrogens is 265 g/mol. The van der Waals surface area contributed by atoms with Crippen LogP contribution in [0.1, 0.15) is 17.2 Å². The van der Waals surface area contributed by atoms with Crippen LogP contribution in [0.4, 0.5) is 13.2 Å². The lowest BCUT2D eigenvalue weighted by molar-refractivity contribution is 0.214. The Morgan fingerprint density at radius 2 is 1.56 bits per heavy atom. The smallest absolute Gasteiger partial charge is 0.129 e. The highest BCUT2D eigenvalue weighted by Crippen LogP contribution is 2.27. The molecule has 0 bridgehead atoms. The van der Waals surface area contributed by atoms with Gasteiger partial charge >= 0.3 is 0 Å². The molecule has 0 saturated heterocycles. The predicted octanol–water partition coefficient (Wildman–Crippen LogP) is 3.84. The van der Waals surface area contributed by atoms with Crippen LogP contribution in [0.3, 0.4) is 0 Å². The van der Waals surface area contributed by atoms with Gasteiger partial charge in [0.15, 0.2) is 0 Å². The summed E-state index contributed by atoms with van der Waals surface area (Å²) in [5, 5.41) is 10.1. The molecule has 0 aliphatic rings. The van der Waals surface area contributed by atoms with Crippen LogP contribution in [0.2, 0.25) is 5.02 Å². The minimum absolute atomic E-state index is 0.0753. The molecular formula is C13H8ClF3O. The Morgan fingerprint density at radius 3 is 2.17 bits per heavy atom. The number of aliphatic hydroxyl groups is 1. The summed E-state index contributed by atoms with van der Waals surface area (Å²) in [5.74, 6) is -2.38. The lowest BCUT2D eigenvalue weighted by atomic mass is 10.0. The van der Waals surface area contributed by atoms with Crippen molar-refractivity contribution in [3.8, 4) is 0 Å². The van der Waals surface area contributed by atoms with Crippen molar-refractivity contribution in [1.29, 1.82) is 0 Å². The van der Waals surface area contributed by atoms with Crippen LogP contribution in [0.15, 0.2) is 36.4 Å². The van der Waals surface area contributed by atoms with Gasteiger partial charge in [-0.05, 0) is 35.9 Å². The molecule has 0 saturated carbocycles. The van der Waals surface area contributed by atoms with Crippen LogP contribution in [0, 0.1) is 17.5 Å². The van der Waals surface area contributed by atoms with E-state index < -0.39 is 23.6 Å². The van der Waals surface area contributed by atoms with Crippen LogP contribution in [-0.4, -0.2) is 5.11 Å². The van der Waals surface area contributed by atoms with Crippen LogP contribution < -0.4 is 0 Å². The number of aliphatic hydroxyl groups excluding tert-OH is 1. The molecule has 0 radical (unpaired) electrons. The van der Waals surface area contributed by atoms with Crippen molar-refractivity contribution in [2.45, 2.75) is 6.10 Å². The lowest BCUT2D eigenvalue weighted by Crippen LogP contribution is -2.03. The van der Waals surface area contributed by atoms with Gasteiger partial charge in [-0.2, -0.15) is 0 Å². The zero-order valence-corrected chi connectivity index (χ0v) is 9.76. The largest absolute Gasteiger partial charge is 0.384 e. The fourth-order valence-corrected chi connectivity index (χ4v) is 1.82. The van der Waals surface area contributed by atoms with Gasteiger partial charge in [-0.25, -0.2) is 13.2 Å². The molecule has 0 amide bonds. The third-order valence-electron chi connectivity index (χ3n) is 2.45. The summed E-state index contributed by atoms with van der Waals surface area (Å²) >= 11 is 5.68. The van der Waals surface area contributed by atoms with E-state index in [0.29, 0.717) is 6.07 Å². The van der Waals surface area contributed by atoms with Crippen molar-refractivity contribution >= 4 is 11.6 Å². The molecule has 2 aromatic carbocycles. The molecule has 0 heterocycles. The zero-order chi connectivity index (χ0) is 13.3. The Hall–Kier alpha value is -1.52. The van der Waals surface area contributed by atoms with Gasteiger partial charge in [0.25, 0.3) is 0 Å². The first-order chi connectivity index (χ1) is 8.47. The van der Waals surface area contributed by atoms with Crippen LogP contribution >= 0.6 is 11.6 Å². The average molecular weight is 273 g/mol. The summed E-state index contributed by atoms with van der Waals surface area (Å²) in [7, 11) is 0. The number of benzene rings is 2. The topological polar surface area (TPSA) is 20.2 Å². The van der Waals surface area contributed by atoms with Crippen LogP contribution in [0.5, 0.6) is 0 Å². The molecule has 1 nitrogen and oxygen atoms in total. The second-order valence-electron chi connectivity index (χ2n) is 3.77. The maximum atomic E-state index is 13.5. The van der Waals surface area contributed by atoms with Crippen LogP contribution in [0.25, 0.3) is 0 Å². The van der Waals surface area contributed by atoms with E-state index in [1.165, 1.54) is 12.1 Å². The van der Waals surface area contributed by atoms with E-state index in [2.05, 4.69) is 0 Å². The SMILES string of the molecule is OC(c1cc(F)cc(F)c1)c1cc(Cl)ccc1F. The third-order valence-corrected chi connectivity index (χ3v) is 2.69. The van der Waals surface area contributed by atoms with Gasteiger partial charge in [-0.3, -0.25) is 0 Å². The lowest BCUT2D eigenvalue weighted by Gasteiger charge is -2.13. The Labute approximate surface area is 106 Å². The van der Waals surface area contributed by atoms with Gasteiger partial charge in [0.1, 0.15) is 23.6 Å². The Balaban J connectivity index is 2.47. The summed E-state index contributed by atoms with van der Waals surface area (Å²) in [6.45, 7) is 0. The van der Waals surface area contributed by atoms with Crippen molar-refractivity contribution in [3.05, 3.63) is 70.0 Å². The number of hydrogen-bond donors (Lipinski definition) is 1. The van der Waals surface area contributed by atoms with Gasteiger partial charge in [0.05, 0.1) is 0 Å². The van der Waals surface area contributed by atoms with Crippen molar-refractivity contribution in [2.24, 2.45) is 0 Å². The van der Waals surface area contributed by atoms with E-state index in [1.807, 2.05) is 0 Å². The van der Waals surface area contributed by atoms with E-state index in [9.17, 15) is 18.3 Å². The molecule has 94 valence electrons. The standard InChI is InChI=1S/C13H8ClF3O/c14-8-1-2-12(17)11(5-8)13(18)7-3-9(15)6-10(16)4-7/h1-6,13,18H. The third kappa shape index (κ3) is 2.66. The summed E-state index contributed by atoms with van der Waals surface area (Å²) in [4.78, 5) is 0. The molecule has 2 aromatic rings. The summed E-state index contributed by atoms with van der Waals surface area (Å²) in [5.41, 5.74) is -0.207.